The molecule has 0 aliphatic heterocycles. The van der Waals surface area contributed by atoms with E-state index in [1.54, 1.807) is 11.3 Å². The summed E-state index contributed by atoms with van der Waals surface area (Å²) in [7, 11) is 0. The fraction of sp³-hybridized carbons (Fsp3) is 0.333. The first-order valence-corrected chi connectivity index (χ1v) is 8.55. The van der Waals surface area contributed by atoms with Crippen molar-refractivity contribution in [3.63, 3.8) is 0 Å². The van der Waals surface area contributed by atoms with Crippen molar-refractivity contribution in [1.29, 1.82) is 0 Å². The molecular formula is C15H17Br2NS. The smallest absolute Gasteiger partial charge is 0.0758 e. The standard InChI is InChI=1S/C15H17Br2NS/c1-8-4-9(2)11(10(3)5-8)6-13(18)12-7-14(16)19-15(12)17/h4-5,7,13H,6,18H2,1-3H3. The molecule has 1 atom stereocenters. The van der Waals surface area contributed by atoms with Gasteiger partial charge < -0.3 is 5.73 Å². The molecule has 0 aliphatic carbocycles. The summed E-state index contributed by atoms with van der Waals surface area (Å²) in [4.78, 5) is 0. The third-order valence-electron chi connectivity index (χ3n) is 3.35. The van der Waals surface area contributed by atoms with E-state index in [0.29, 0.717) is 0 Å². The summed E-state index contributed by atoms with van der Waals surface area (Å²) in [6.07, 6.45) is 0.875. The maximum atomic E-state index is 6.37. The molecule has 102 valence electrons. The van der Waals surface area contributed by atoms with Gasteiger partial charge >= 0.3 is 0 Å². The van der Waals surface area contributed by atoms with E-state index < -0.39 is 0 Å². The summed E-state index contributed by atoms with van der Waals surface area (Å²) in [6, 6.07) is 6.59. The van der Waals surface area contributed by atoms with E-state index in [1.165, 1.54) is 27.8 Å². The average Bonchev–Trinajstić information content (AvgIpc) is 2.62. The number of hydrogen-bond donors (Lipinski definition) is 1. The number of halogens is 2. The Labute approximate surface area is 135 Å². The summed E-state index contributed by atoms with van der Waals surface area (Å²) < 4.78 is 2.23. The zero-order chi connectivity index (χ0) is 14.2. The molecule has 1 aromatic heterocycles. The van der Waals surface area contributed by atoms with E-state index in [1.807, 2.05) is 0 Å². The first-order chi connectivity index (χ1) is 8.88. The Morgan fingerprint density at radius 3 is 2.16 bits per heavy atom. The minimum atomic E-state index is 0.0250. The highest BCUT2D eigenvalue weighted by molar-refractivity contribution is 9.12. The molecule has 0 saturated carbocycles. The van der Waals surface area contributed by atoms with Gasteiger partial charge in [0.05, 0.1) is 7.57 Å². The molecule has 1 aromatic carbocycles. The fourth-order valence-electron chi connectivity index (χ4n) is 2.47. The average molecular weight is 403 g/mol. The van der Waals surface area contributed by atoms with Gasteiger partial charge in [-0.05, 0) is 87.4 Å². The van der Waals surface area contributed by atoms with E-state index in [-0.39, 0.29) is 6.04 Å². The second-order valence-electron chi connectivity index (χ2n) is 4.97. The lowest BCUT2D eigenvalue weighted by Gasteiger charge is -2.16. The van der Waals surface area contributed by atoms with Crippen LogP contribution in [0.2, 0.25) is 0 Å². The fourth-order valence-corrected chi connectivity index (χ4v) is 5.47. The monoisotopic (exact) mass is 401 g/mol. The van der Waals surface area contributed by atoms with Crippen LogP contribution in [0, 0.1) is 20.8 Å². The van der Waals surface area contributed by atoms with Crippen LogP contribution in [0.15, 0.2) is 25.8 Å². The minimum Gasteiger partial charge on any atom is -0.324 e. The molecule has 1 heterocycles. The largest absolute Gasteiger partial charge is 0.324 e. The molecule has 1 unspecified atom stereocenters. The molecule has 4 heteroatoms. The predicted octanol–water partition coefficient (Wildman–Crippen LogP) is 5.44. The zero-order valence-corrected chi connectivity index (χ0v) is 15.2. The minimum absolute atomic E-state index is 0.0250. The number of benzene rings is 1. The maximum absolute atomic E-state index is 6.37. The van der Waals surface area contributed by atoms with Gasteiger partial charge in [-0.3, -0.25) is 0 Å². The molecule has 0 saturated heterocycles. The van der Waals surface area contributed by atoms with Gasteiger partial charge in [0.25, 0.3) is 0 Å². The molecule has 0 spiro atoms. The van der Waals surface area contributed by atoms with Crippen LogP contribution in [0.3, 0.4) is 0 Å². The quantitative estimate of drug-likeness (QED) is 0.726. The van der Waals surface area contributed by atoms with Gasteiger partial charge in [-0.1, -0.05) is 17.7 Å². The molecule has 19 heavy (non-hydrogen) atoms. The topological polar surface area (TPSA) is 26.0 Å². The Bertz CT molecular complexity index is 581. The van der Waals surface area contributed by atoms with Crippen LogP contribution in [0.1, 0.15) is 33.9 Å². The van der Waals surface area contributed by atoms with Crippen LogP contribution in [-0.4, -0.2) is 0 Å². The van der Waals surface area contributed by atoms with Gasteiger partial charge in [0.15, 0.2) is 0 Å². The Morgan fingerprint density at radius 2 is 1.68 bits per heavy atom. The van der Waals surface area contributed by atoms with Crippen molar-refractivity contribution in [2.75, 3.05) is 0 Å². The summed E-state index contributed by atoms with van der Waals surface area (Å²) >= 11 is 8.77. The first-order valence-electron chi connectivity index (χ1n) is 6.15. The Kier molecular flexibility index (Phi) is 4.88. The number of hydrogen-bond acceptors (Lipinski definition) is 2. The summed E-state index contributed by atoms with van der Waals surface area (Å²) in [5, 5.41) is 0. The number of thiophene rings is 1. The van der Waals surface area contributed by atoms with Crippen molar-refractivity contribution in [2.24, 2.45) is 5.73 Å². The zero-order valence-electron chi connectivity index (χ0n) is 11.3. The Hall–Kier alpha value is -0.160. The predicted molar refractivity (Wildman–Crippen MR) is 91.0 cm³/mol. The van der Waals surface area contributed by atoms with E-state index in [0.717, 1.165) is 14.0 Å². The van der Waals surface area contributed by atoms with Gasteiger partial charge in [-0.2, -0.15) is 0 Å². The third-order valence-corrected chi connectivity index (χ3v) is 5.73. The molecular weight excluding hydrogens is 386 g/mol. The lowest BCUT2D eigenvalue weighted by molar-refractivity contribution is 0.715. The lowest BCUT2D eigenvalue weighted by Crippen LogP contribution is -2.14. The van der Waals surface area contributed by atoms with Crippen molar-refractivity contribution in [3.8, 4) is 0 Å². The number of rotatable bonds is 3. The number of nitrogens with two attached hydrogens (primary N) is 1. The van der Waals surface area contributed by atoms with Crippen molar-refractivity contribution >= 4 is 43.2 Å². The van der Waals surface area contributed by atoms with Gasteiger partial charge in [0.2, 0.25) is 0 Å². The molecule has 0 fully saturated rings. The van der Waals surface area contributed by atoms with Gasteiger partial charge in [0.1, 0.15) is 0 Å². The van der Waals surface area contributed by atoms with Crippen LogP contribution < -0.4 is 5.73 Å². The molecule has 2 aromatic rings. The lowest BCUT2D eigenvalue weighted by atomic mass is 9.93. The molecule has 0 amide bonds. The van der Waals surface area contributed by atoms with Crippen molar-refractivity contribution in [2.45, 2.75) is 33.2 Å². The van der Waals surface area contributed by atoms with Crippen LogP contribution >= 0.6 is 43.2 Å². The van der Waals surface area contributed by atoms with E-state index in [4.69, 9.17) is 5.73 Å². The highest BCUT2D eigenvalue weighted by atomic mass is 79.9. The molecule has 0 radical (unpaired) electrons. The van der Waals surface area contributed by atoms with E-state index in [2.05, 4.69) is 70.8 Å². The van der Waals surface area contributed by atoms with E-state index in [9.17, 15) is 0 Å². The summed E-state index contributed by atoms with van der Waals surface area (Å²) in [5.74, 6) is 0. The molecule has 0 aliphatic rings. The van der Waals surface area contributed by atoms with Crippen LogP contribution in [-0.2, 0) is 6.42 Å². The Morgan fingerprint density at radius 1 is 1.11 bits per heavy atom. The Balaban J connectivity index is 2.29. The number of aryl methyl sites for hydroxylation is 3. The second kappa shape index (κ2) is 6.08. The summed E-state index contributed by atoms with van der Waals surface area (Å²) in [6.45, 7) is 6.47. The maximum Gasteiger partial charge on any atom is 0.0758 e. The molecule has 1 nitrogen and oxygen atoms in total. The van der Waals surface area contributed by atoms with Gasteiger partial charge in [-0.15, -0.1) is 11.3 Å². The van der Waals surface area contributed by atoms with Crippen LogP contribution in [0.5, 0.6) is 0 Å². The van der Waals surface area contributed by atoms with Crippen molar-refractivity contribution in [3.05, 3.63) is 53.6 Å². The molecule has 0 bridgehead atoms. The SMILES string of the molecule is Cc1cc(C)c(CC(N)c2cc(Br)sc2Br)c(C)c1. The van der Waals surface area contributed by atoms with Crippen LogP contribution in [0.4, 0.5) is 0 Å². The van der Waals surface area contributed by atoms with Crippen molar-refractivity contribution in [1.82, 2.24) is 0 Å². The second-order valence-corrected chi connectivity index (χ2v) is 8.72. The van der Waals surface area contributed by atoms with Gasteiger partial charge in [0, 0.05) is 6.04 Å². The van der Waals surface area contributed by atoms with Crippen molar-refractivity contribution < 1.29 is 0 Å². The van der Waals surface area contributed by atoms with Crippen LogP contribution in [0.25, 0.3) is 0 Å². The van der Waals surface area contributed by atoms with E-state index >= 15 is 0 Å². The highest BCUT2D eigenvalue weighted by Crippen LogP contribution is 2.36. The molecule has 2 rings (SSSR count). The third kappa shape index (κ3) is 3.48. The normalized spacial score (nSPS) is 12.7. The van der Waals surface area contributed by atoms with Gasteiger partial charge in [-0.25, -0.2) is 0 Å². The summed E-state index contributed by atoms with van der Waals surface area (Å²) in [5.41, 5.74) is 12.9. The first kappa shape index (κ1) is 15.2. The molecule has 2 N–H and O–H groups in total. The highest BCUT2D eigenvalue weighted by Gasteiger charge is 2.16.